The lowest BCUT2D eigenvalue weighted by atomic mass is 9.99. The molecule has 1 amide bonds. The largest absolute Gasteiger partial charge is 0.621 e. The van der Waals surface area contributed by atoms with Gasteiger partial charge >= 0.3 is 0 Å². The molecule has 1 saturated carbocycles. The zero-order valence-electron chi connectivity index (χ0n) is 21.5. The van der Waals surface area contributed by atoms with E-state index in [0.717, 1.165) is 29.3 Å². The Labute approximate surface area is 232 Å². The van der Waals surface area contributed by atoms with Gasteiger partial charge in [-0.05, 0) is 49.1 Å². The summed E-state index contributed by atoms with van der Waals surface area (Å²) in [5.41, 5.74) is 0.798. The van der Waals surface area contributed by atoms with Crippen molar-refractivity contribution in [3.05, 3.63) is 82.1 Å². The Bertz CT molecular complexity index is 1550. The molecule has 0 aromatic carbocycles. The van der Waals surface area contributed by atoms with Crippen LogP contribution in [0, 0.1) is 16.5 Å². The van der Waals surface area contributed by atoms with Crippen LogP contribution in [0.25, 0.3) is 11.1 Å². The van der Waals surface area contributed by atoms with E-state index in [4.69, 9.17) is 10.1 Å². The van der Waals surface area contributed by atoms with Crippen LogP contribution in [0.2, 0.25) is 0 Å². The molecule has 3 atom stereocenters. The number of hydrogen-bond acceptors (Lipinski definition) is 9. The Morgan fingerprint density at radius 2 is 2.10 bits per heavy atom. The second-order valence-electron chi connectivity index (χ2n) is 9.40. The first-order valence-corrected chi connectivity index (χ1v) is 13.1. The number of carbonyl (C=O) groups is 1. The minimum absolute atomic E-state index is 0.0303. The molecule has 0 radical (unpaired) electrons. The van der Waals surface area contributed by atoms with Gasteiger partial charge in [-0.25, -0.2) is 13.8 Å². The van der Waals surface area contributed by atoms with Gasteiger partial charge in [-0.2, -0.15) is 0 Å². The molecular formula is C27H25F2N7O3S. The van der Waals surface area contributed by atoms with Gasteiger partial charge in [0.05, 0.1) is 18.9 Å². The van der Waals surface area contributed by atoms with E-state index in [1.54, 1.807) is 18.2 Å². The maximum Gasteiger partial charge on any atom is 0.280 e. The normalized spacial score (nSPS) is 21.9. The van der Waals surface area contributed by atoms with E-state index in [1.165, 1.54) is 43.1 Å². The minimum Gasteiger partial charge on any atom is -0.621 e. The van der Waals surface area contributed by atoms with E-state index in [0.29, 0.717) is 0 Å². The lowest BCUT2D eigenvalue weighted by Crippen LogP contribution is -2.39. The maximum absolute atomic E-state index is 13.6. The number of hydroxylamine groups is 2. The smallest absolute Gasteiger partial charge is 0.280 e. The van der Waals surface area contributed by atoms with E-state index in [-0.39, 0.29) is 51.8 Å². The molecule has 3 aromatic heterocycles. The van der Waals surface area contributed by atoms with Gasteiger partial charge in [-0.1, -0.05) is 17.4 Å². The molecule has 2 N–H and O–H groups in total. The highest BCUT2D eigenvalue weighted by molar-refractivity contribution is 7.15. The number of quaternary nitrogens is 1. The number of amides is 1. The van der Waals surface area contributed by atoms with Crippen molar-refractivity contribution in [1.82, 2.24) is 24.8 Å². The lowest BCUT2D eigenvalue weighted by Gasteiger charge is -2.38. The molecule has 0 spiro atoms. The zero-order valence-corrected chi connectivity index (χ0v) is 22.4. The fraction of sp³-hybridized carbons (Fsp3) is 0.259. The van der Waals surface area contributed by atoms with Crippen LogP contribution in [-0.2, 0) is 0 Å². The molecule has 13 heteroatoms. The lowest BCUT2D eigenvalue weighted by molar-refractivity contribution is 0.102. The molecule has 10 nitrogen and oxygen atoms in total. The monoisotopic (exact) mass is 565 g/mol. The van der Waals surface area contributed by atoms with Crippen molar-refractivity contribution in [2.75, 3.05) is 19.0 Å². The summed E-state index contributed by atoms with van der Waals surface area (Å²) in [5.74, 6) is 0.0631. The molecule has 206 valence electrons. The van der Waals surface area contributed by atoms with Crippen LogP contribution in [0.5, 0.6) is 5.75 Å². The van der Waals surface area contributed by atoms with Crippen LogP contribution in [0.3, 0.4) is 0 Å². The Morgan fingerprint density at radius 1 is 1.27 bits per heavy atom. The second kappa shape index (κ2) is 11.1. The number of methoxy groups -OCH3 is 1. The first-order valence-electron chi connectivity index (χ1n) is 12.3. The van der Waals surface area contributed by atoms with E-state index in [1.807, 2.05) is 13.0 Å². The molecule has 5 rings (SSSR count). The number of rotatable bonds is 9. The fourth-order valence-corrected chi connectivity index (χ4v) is 5.26. The van der Waals surface area contributed by atoms with E-state index >= 15 is 0 Å². The number of aromatic nitrogens is 4. The van der Waals surface area contributed by atoms with Crippen molar-refractivity contribution in [2.24, 2.45) is 5.92 Å². The highest BCUT2D eigenvalue weighted by atomic mass is 32.1. The average molecular weight is 566 g/mol. The van der Waals surface area contributed by atoms with Gasteiger partial charge in [0.15, 0.2) is 0 Å². The molecule has 1 fully saturated rings. The van der Waals surface area contributed by atoms with Gasteiger partial charge < -0.3 is 15.4 Å². The summed E-state index contributed by atoms with van der Waals surface area (Å²) in [4.78, 5) is 21.5. The summed E-state index contributed by atoms with van der Waals surface area (Å²) < 4.78 is 31.6. The molecule has 3 aromatic rings. The summed E-state index contributed by atoms with van der Waals surface area (Å²) >= 11 is 1.24. The van der Waals surface area contributed by atoms with E-state index in [9.17, 15) is 18.8 Å². The van der Waals surface area contributed by atoms with Gasteiger partial charge in [-0.15, -0.1) is 10.2 Å². The number of hydrogen-bond donors (Lipinski definition) is 2. The summed E-state index contributed by atoms with van der Waals surface area (Å²) in [6.07, 6.45) is 10.2. The summed E-state index contributed by atoms with van der Waals surface area (Å²) in [5, 5.41) is 32.7. The highest BCUT2D eigenvalue weighted by Gasteiger charge is 2.39. The van der Waals surface area contributed by atoms with Crippen molar-refractivity contribution >= 4 is 34.4 Å². The Balaban J connectivity index is 1.51. The summed E-state index contributed by atoms with van der Waals surface area (Å²) in [6.45, 7) is 1.95. The van der Waals surface area contributed by atoms with Crippen molar-refractivity contribution in [1.29, 1.82) is 5.41 Å². The number of alkyl halides is 2. The maximum atomic E-state index is 13.6. The zero-order chi connectivity index (χ0) is 28.4. The van der Waals surface area contributed by atoms with Gasteiger partial charge in [-0.3, -0.25) is 19.7 Å². The molecule has 0 saturated heterocycles. The third-order valence-corrected chi connectivity index (χ3v) is 7.65. The molecule has 1 aliphatic carbocycles. The van der Waals surface area contributed by atoms with Gasteiger partial charge in [0.1, 0.15) is 29.2 Å². The molecule has 1 aliphatic heterocycles. The van der Waals surface area contributed by atoms with Crippen LogP contribution in [0.4, 0.5) is 19.7 Å². The topological polar surface area (TPSA) is 137 Å². The predicted molar refractivity (Wildman–Crippen MR) is 149 cm³/mol. The standard InChI is InChI=1S/C27H25F2N7O3S/c1-15-5-8-36(38,9-6-15)23-12-18(19-11-21(24(28)29)31-14-22(19)39-2)20(13-32-23)25(37)33-27-35-34-26(40-27)17-10-16(17)4-3-7-30/h3-8,11-14,16-17,24,30H,9-10H2,1-2H3,(H,33,35,37)/b4-3+,30-7?/t16-,17?,36?/m0/s1. The third-order valence-electron chi connectivity index (χ3n) is 6.68. The van der Waals surface area contributed by atoms with E-state index < -0.39 is 22.7 Å². The third kappa shape index (κ3) is 5.57. The number of allylic oxidation sites excluding steroid dienone is 4. The number of pyridine rings is 2. The molecule has 40 heavy (non-hydrogen) atoms. The van der Waals surface area contributed by atoms with Gasteiger partial charge in [0, 0.05) is 35.5 Å². The quantitative estimate of drug-likeness (QED) is 0.191. The number of carbonyl (C=O) groups excluding carboxylic acids is 1. The molecular weight excluding hydrogens is 540 g/mol. The van der Waals surface area contributed by atoms with Crippen LogP contribution >= 0.6 is 11.3 Å². The Morgan fingerprint density at radius 3 is 2.80 bits per heavy atom. The van der Waals surface area contributed by atoms with Crippen LogP contribution < -0.4 is 14.7 Å². The number of anilines is 1. The molecule has 2 aliphatic rings. The minimum atomic E-state index is -2.86. The van der Waals surface area contributed by atoms with Crippen LogP contribution in [0.1, 0.15) is 46.7 Å². The fourth-order valence-electron chi connectivity index (χ4n) is 4.33. The van der Waals surface area contributed by atoms with Crippen molar-refractivity contribution in [3.8, 4) is 16.9 Å². The van der Waals surface area contributed by atoms with E-state index in [2.05, 4.69) is 25.5 Å². The molecule has 2 unspecified atom stereocenters. The molecule has 0 bridgehead atoms. The Hall–Kier alpha value is -4.20. The Kier molecular flexibility index (Phi) is 7.61. The van der Waals surface area contributed by atoms with Crippen LogP contribution in [0.15, 0.2) is 60.6 Å². The first-order chi connectivity index (χ1) is 19.2. The summed E-state index contributed by atoms with van der Waals surface area (Å²) in [7, 11) is 1.36. The number of ether oxygens (including phenoxy) is 1. The predicted octanol–water partition coefficient (Wildman–Crippen LogP) is 5.78. The number of nitrogens with one attached hydrogen (secondary N) is 2. The molecule has 4 heterocycles. The number of halogens is 2. The van der Waals surface area contributed by atoms with Gasteiger partial charge in [0.2, 0.25) is 10.9 Å². The van der Waals surface area contributed by atoms with Crippen LogP contribution in [-0.4, -0.2) is 45.9 Å². The number of nitrogens with zero attached hydrogens (tertiary/aromatic N) is 5. The van der Waals surface area contributed by atoms with Crippen molar-refractivity contribution in [3.63, 3.8) is 0 Å². The first kappa shape index (κ1) is 27.4. The summed E-state index contributed by atoms with van der Waals surface area (Å²) in [6, 6.07) is 2.56. The van der Waals surface area contributed by atoms with Crippen molar-refractivity contribution in [2.45, 2.75) is 25.7 Å². The SMILES string of the molecule is COc1cnc(C(F)F)cc1-c1cc([N+]2([O-])C=CC(C)=CC2)ncc1C(=O)Nc1nnc(C2C[C@@H]2/C=C/C=N)s1. The average Bonchev–Trinajstić information content (AvgIpc) is 3.59. The van der Waals surface area contributed by atoms with Gasteiger partial charge in [0.25, 0.3) is 12.3 Å². The highest BCUT2D eigenvalue weighted by Crippen LogP contribution is 2.49. The van der Waals surface area contributed by atoms with Crippen molar-refractivity contribution < 1.29 is 18.3 Å². The second-order valence-corrected chi connectivity index (χ2v) is 10.4.